The molecule has 0 saturated carbocycles. The Morgan fingerprint density at radius 2 is 2.04 bits per heavy atom. The molecule has 6 heteroatoms. The molecule has 126 valence electrons. The smallest absolute Gasteiger partial charge is 0.359 e. The molecule has 2 heterocycles. The fourth-order valence-electron chi connectivity index (χ4n) is 2.95. The highest BCUT2D eigenvalue weighted by Gasteiger charge is 2.31. The predicted octanol–water partition coefficient (Wildman–Crippen LogP) is 2.60. The summed E-state index contributed by atoms with van der Waals surface area (Å²) in [5, 5.41) is 4.15. The van der Waals surface area contributed by atoms with Gasteiger partial charge in [0.2, 0.25) is 0 Å². The van der Waals surface area contributed by atoms with Crippen molar-refractivity contribution in [1.82, 2.24) is 9.78 Å². The number of esters is 1. The van der Waals surface area contributed by atoms with E-state index in [1.165, 1.54) is 0 Å². The lowest BCUT2D eigenvalue weighted by atomic mass is 10.1. The second-order valence-electron chi connectivity index (χ2n) is 6.30. The third-order valence-corrected chi connectivity index (χ3v) is 4.15. The summed E-state index contributed by atoms with van der Waals surface area (Å²) in [6.45, 7) is 5.64. The van der Waals surface area contributed by atoms with Crippen LogP contribution in [0, 0.1) is 0 Å². The third kappa shape index (κ3) is 3.04. The summed E-state index contributed by atoms with van der Waals surface area (Å²) in [6.07, 6.45) is 2.54. The summed E-state index contributed by atoms with van der Waals surface area (Å²) in [7, 11) is 0. The molecule has 3 rings (SSSR count). The van der Waals surface area contributed by atoms with Crippen LogP contribution in [-0.4, -0.2) is 34.3 Å². The summed E-state index contributed by atoms with van der Waals surface area (Å²) in [5.74, 6) is -0.799. The Morgan fingerprint density at radius 3 is 2.75 bits per heavy atom. The molecule has 0 radical (unpaired) electrons. The van der Waals surface area contributed by atoms with Gasteiger partial charge in [-0.1, -0.05) is 18.2 Å². The maximum atomic E-state index is 12.5. The fraction of sp³-hybridized carbons (Fsp3) is 0.389. The van der Waals surface area contributed by atoms with Crippen molar-refractivity contribution in [2.75, 3.05) is 11.5 Å². The molecule has 1 atom stereocenters. The number of carbonyl (C=O) groups is 2. The number of fused-ring (bicyclic) bond motifs is 1. The molecule has 6 nitrogen and oxygen atoms in total. The molecule has 1 aliphatic heterocycles. The summed E-state index contributed by atoms with van der Waals surface area (Å²) in [4.78, 5) is 26.3. The van der Waals surface area contributed by atoms with Gasteiger partial charge >= 0.3 is 5.97 Å². The van der Waals surface area contributed by atoms with E-state index in [9.17, 15) is 9.59 Å². The van der Waals surface area contributed by atoms with E-state index in [4.69, 9.17) is 4.74 Å². The maximum Gasteiger partial charge on any atom is 0.359 e. The highest BCUT2D eigenvalue weighted by Crippen LogP contribution is 2.31. The van der Waals surface area contributed by atoms with Gasteiger partial charge in [0.05, 0.1) is 0 Å². The van der Waals surface area contributed by atoms with Crippen molar-refractivity contribution in [2.24, 2.45) is 0 Å². The molecule has 1 aromatic heterocycles. The monoisotopic (exact) mass is 327 g/mol. The van der Waals surface area contributed by atoms with Crippen LogP contribution in [-0.2, 0) is 16.0 Å². The molecule has 1 aliphatic rings. The van der Waals surface area contributed by atoms with Crippen LogP contribution in [0.4, 0.5) is 5.69 Å². The lowest BCUT2D eigenvalue weighted by molar-refractivity contribution is -0.122. The first kappa shape index (κ1) is 16.2. The molecule has 0 aliphatic carbocycles. The van der Waals surface area contributed by atoms with Crippen molar-refractivity contribution in [3.8, 4) is 0 Å². The van der Waals surface area contributed by atoms with E-state index in [0.29, 0.717) is 0 Å². The number of nitrogens with zero attached hydrogens (tertiary/aromatic N) is 3. The van der Waals surface area contributed by atoms with Gasteiger partial charge < -0.3 is 9.64 Å². The van der Waals surface area contributed by atoms with Gasteiger partial charge in [-0.05, 0) is 44.9 Å². The first-order valence-corrected chi connectivity index (χ1v) is 8.09. The van der Waals surface area contributed by atoms with Crippen molar-refractivity contribution in [3.05, 3.63) is 47.8 Å². The van der Waals surface area contributed by atoms with E-state index in [1.807, 2.05) is 45.0 Å². The number of carbonyl (C=O) groups excluding carboxylic acids is 2. The SMILES string of the molecule is CC(C)n1ccc(C(=O)OCC(=O)N2c3ccccc3C[C@@H]2C)n1. The van der Waals surface area contributed by atoms with Crippen molar-refractivity contribution in [1.29, 1.82) is 0 Å². The minimum absolute atomic E-state index is 0.0637. The van der Waals surface area contributed by atoms with Gasteiger partial charge in [0.15, 0.2) is 12.3 Å². The maximum absolute atomic E-state index is 12.5. The zero-order valence-electron chi connectivity index (χ0n) is 14.1. The van der Waals surface area contributed by atoms with Gasteiger partial charge in [-0.2, -0.15) is 5.10 Å². The first-order chi connectivity index (χ1) is 11.5. The first-order valence-electron chi connectivity index (χ1n) is 8.09. The summed E-state index contributed by atoms with van der Waals surface area (Å²) in [6, 6.07) is 9.63. The van der Waals surface area contributed by atoms with E-state index in [0.717, 1.165) is 17.7 Å². The number of ether oxygens (including phenoxy) is 1. The summed E-state index contributed by atoms with van der Waals surface area (Å²) >= 11 is 0. The van der Waals surface area contributed by atoms with Gasteiger partial charge in [0, 0.05) is 24.0 Å². The number of benzene rings is 1. The van der Waals surface area contributed by atoms with Gasteiger partial charge in [0.25, 0.3) is 5.91 Å². The van der Waals surface area contributed by atoms with Gasteiger partial charge in [-0.15, -0.1) is 0 Å². The van der Waals surface area contributed by atoms with Crippen LogP contribution < -0.4 is 4.90 Å². The summed E-state index contributed by atoms with van der Waals surface area (Å²) < 4.78 is 6.83. The molecular formula is C18H21N3O3. The minimum atomic E-state index is -0.581. The normalized spacial score (nSPS) is 16.3. The zero-order valence-corrected chi connectivity index (χ0v) is 14.1. The van der Waals surface area contributed by atoms with Gasteiger partial charge in [-0.25, -0.2) is 4.79 Å². The van der Waals surface area contributed by atoms with Crippen molar-refractivity contribution in [3.63, 3.8) is 0 Å². The van der Waals surface area contributed by atoms with E-state index in [2.05, 4.69) is 5.10 Å². The fourth-order valence-corrected chi connectivity index (χ4v) is 2.95. The second-order valence-corrected chi connectivity index (χ2v) is 6.30. The number of rotatable bonds is 4. The highest BCUT2D eigenvalue weighted by atomic mass is 16.5. The number of hydrogen-bond acceptors (Lipinski definition) is 4. The zero-order chi connectivity index (χ0) is 17.3. The Bertz CT molecular complexity index is 766. The molecule has 0 N–H and O–H groups in total. The Balaban J connectivity index is 1.64. The Morgan fingerprint density at radius 1 is 1.29 bits per heavy atom. The van der Waals surface area contributed by atoms with Crippen LogP contribution >= 0.6 is 0 Å². The number of aromatic nitrogens is 2. The standard InChI is InChI=1S/C18H21N3O3/c1-12(2)20-9-8-15(19-20)18(23)24-11-17(22)21-13(3)10-14-6-4-5-7-16(14)21/h4-9,12-13H,10-11H2,1-3H3/t13-/m0/s1. The molecule has 0 bridgehead atoms. The molecule has 0 unspecified atom stereocenters. The molecule has 0 spiro atoms. The number of anilines is 1. The Hall–Kier alpha value is -2.63. The average Bonchev–Trinajstić information content (AvgIpc) is 3.16. The largest absolute Gasteiger partial charge is 0.451 e. The van der Waals surface area contributed by atoms with Crippen LogP contribution in [0.25, 0.3) is 0 Å². The molecule has 0 fully saturated rings. The summed E-state index contributed by atoms with van der Waals surface area (Å²) in [5.41, 5.74) is 2.25. The van der Waals surface area contributed by atoms with E-state index in [1.54, 1.807) is 21.8 Å². The Kier molecular flexibility index (Phi) is 4.38. The third-order valence-electron chi connectivity index (χ3n) is 4.15. The molecule has 24 heavy (non-hydrogen) atoms. The lowest BCUT2D eigenvalue weighted by Crippen LogP contribution is -2.38. The number of amides is 1. The number of para-hydroxylation sites is 1. The van der Waals surface area contributed by atoms with E-state index < -0.39 is 5.97 Å². The van der Waals surface area contributed by atoms with Crippen LogP contribution in [0.2, 0.25) is 0 Å². The molecule has 1 aromatic carbocycles. The molecule has 2 aromatic rings. The van der Waals surface area contributed by atoms with Crippen molar-refractivity contribution >= 4 is 17.6 Å². The van der Waals surface area contributed by atoms with E-state index in [-0.39, 0.29) is 30.3 Å². The molecule has 0 saturated heterocycles. The van der Waals surface area contributed by atoms with E-state index >= 15 is 0 Å². The molecular weight excluding hydrogens is 306 g/mol. The van der Waals surface area contributed by atoms with Crippen LogP contribution in [0.3, 0.4) is 0 Å². The van der Waals surface area contributed by atoms with Crippen LogP contribution in [0.1, 0.15) is 42.9 Å². The molecule has 1 amide bonds. The van der Waals surface area contributed by atoms with Gasteiger partial charge in [0.1, 0.15) is 0 Å². The second kappa shape index (κ2) is 6.47. The van der Waals surface area contributed by atoms with Crippen molar-refractivity contribution < 1.29 is 14.3 Å². The average molecular weight is 327 g/mol. The Labute approximate surface area is 141 Å². The van der Waals surface area contributed by atoms with Crippen LogP contribution in [0.5, 0.6) is 0 Å². The van der Waals surface area contributed by atoms with Gasteiger partial charge in [-0.3, -0.25) is 9.48 Å². The highest BCUT2D eigenvalue weighted by molar-refractivity contribution is 5.98. The lowest BCUT2D eigenvalue weighted by Gasteiger charge is -2.22. The predicted molar refractivity (Wildman–Crippen MR) is 90.0 cm³/mol. The topological polar surface area (TPSA) is 64.4 Å². The minimum Gasteiger partial charge on any atom is -0.451 e. The van der Waals surface area contributed by atoms with Crippen LogP contribution in [0.15, 0.2) is 36.5 Å². The number of hydrogen-bond donors (Lipinski definition) is 0. The quantitative estimate of drug-likeness (QED) is 0.810. The van der Waals surface area contributed by atoms with Crippen molar-refractivity contribution in [2.45, 2.75) is 39.3 Å².